The van der Waals surface area contributed by atoms with Crippen molar-refractivity contribution in [2.45, 2.75) is 26.9 Å². The first-order valence-corrected chi connectivity index (χ1v) is 7.70. The highest BCUT2D eigenvalue weighted by Crippen LogP contribution is 2.25. The molecule has 2 aromatic rings. The molecule has 0 aliphatic rings. The predicted molar refractivity (Wildman–Crippen MR) is 82.9 cm³/mol. The van der Waals surface area contributed by atoms with Crippen LogP contribution in [0.3, 0.4) is 0 Å². The van der Waals surface area contributed by atoms with E-state index in [-0.39, 0.29) is 10.6 Å². The lowest BCUT2D eigenvalue weighted by molar-refractivity contribution is -0.386. The number of rotatable bonds is 5. The number of hydrogen-bond donors (Lipinski definition) is 1. The maximum Gasteiger partial charge on any atom is 0.278 e. The van der Waals surface area contributed by atoms with E-state index >= 15 is 0 Å². The maximum atomic E-state index is 11.1. The first-order valence-electron chi connectivity index (χ1n) is 6.02. The number of aryl methyl sites for hydroxylation is 1. The van der Waals surface area contributed by atoms with Gasteiger partial charge in [0.15, 0.2) is 0 Å². The van der Waals surface area contributed by atoms with Crippen LogP contribution in [0.25, 0.3) is 0 Å². The Morgan fingerprint density at radius 2 is 2.20 bits per heavy atom. The molecule has 0 spiro atoms. The highest BCUT2D eigenvalue weighted by atomic mass is 79.9. The summed E-state index contributed by atoms with van der Waals surface area (Å²) in [6.45, 7) is 4.67. The number of nitrogens with zero attached hydrogens (tertiary/aromatic N) is 2. The van der Waals surface area contributed by atoms with Gasteiger partial charge in [0.25, 0.3) is 5.69 Å². The summed E-state index contributed by atoms with van der Waals surface area (Å²) in [7, 11) is 0. The van der Waals surface area contributed by atoms with Gasteiger partial charge in [0.05, 0.1) is 10.6 Å². The van der Waals surface area contributed by atoms with Crippen molar-refractivity contribution in [1.82, 2.24) is 10.3 Å². The molecule has 0 amide bonds. The van der Waals surface area contributed by atoms with E-state index in [0.717, 1.165) is 10.2 Å². The van der Waals surface area contributed by atoms with Gasteiger partial charge >= 0.3 is 0 Å². The smallest absolute Gasteiger partial charge is 0.278 e. The van der Waals surface area contributed by atoms with Gasteiger partial charge in [-0.15, -0.1) is 11.3 Å². The molecule has 1 N–H and O–H groups in total. The molecule has 20 heavy (non-hydrogen) atoms. The number of aromatic nitrogens is 1. The van der Waals surface area contributed by atoms with Gasteiger partial charge in [-0.3, -0.25) is 15.1 Å². The lowest BCUT2D eigenvalue weighted by Crippen LogP contribution is -2.15. The fourth-order valence-electron chi connectivity index (χ4n) is 1.97. The van der Waals surface area contributed by atoms with E-state index in [4.69, 9.17) is 0 Å². The summed E-state index contributed by atoms with van der Waals surface area (Å²) >= 11 is 5.13. The Morgan fingerprint density at radius 1 is 1.45 bits per heavy atom. The number of thiophene rings is 1. The van der Waals surface area contributed by atoms with E-state index < -0.39 is 0 Å². The summed E-state index contributed by atoms with van der Waals surface area (Å²) in [5, 5.41) is 16.3. The number of nitrogens with one attached hydrogen (secondary N) is 1. The first kappa shape index (κ1) is 15.1. The minimum atomic E-state index is -0.342. The summed E-state index contributed by atoms with van der Waals surface area (Å²) in [5.74, 6) is 0. The van der Waals surface area contributed by atoms with Gasteiger partial charge in [-0.25, -0.2) is 0 Å². The van der Waals surface area contributed by atoms with E-state index in [1.54, 1.807) is 31.4 Å². The van der Waals surface area contributed by atoms with Crippen molar-refractivity contribution in [2.24, 2.45) is 0 Å². The van der Waals surface area contributed by atoms with Crippen LogP contribution in [-0.2, 0) is 13.1 Å². The van der Waals surface area contributed by atoms with Gasteiger partial charge in [0.1, 0.15) is 0 Å². The zero-order chi connectivity index (χ0) is 14.7. The van der Waals surface area contributed by atoms with Crippen molar-refractivity contribution in [3.05, 3.63) is 53.9 Å². The molecular weight excluding hydrogens is 342 g/mol. The van der Waals surface area contributed by atoms with Crippen LogP contribution in [0.4, 0.5) is 5.69 Å². The average Bonchev–Trinajstić information content (AvgIpc) is 2.78. The Balaban J connectivity index is 2.09. The molecule has 2 rings (SSSR count). The Bertz CT molecular complexity index is 643. The molecule has 0 unspecified atom stereocenters. The monoisotopic (exact) mass is 355 g/mol. The third kappa shape index (κ3) is 3.23. The second-order valence-electron chi connectivity index (χ2n) is 4.41. The zero-order valence-electron chi connectivity index (χ0n) is 11.1. The molecule has 5 nitrogen and oxygen atoms in total. The molecule has 0 saturated carbocycles. The summed E-state index contributed by atoms with van der Waals surface area (Å²) in [6, 6.07) is 2.00. The molecule has 0 aliphatic carbocycles. The van der Waals surface area contributed by atoms with Gasteiger partial charge in [-0.05, 0) is 41.2 Å². The lowest BCUT2D eigenvalue weighted by Gasteiger charge is -2.08. The molecule has 106 valence electrons. The number of nitro groups is 1. The summed E-state index contributed by atoms with van der Waals surface area (Å²) in [5.41, 5.74) is 2.11. The normalized spacial score (nSPS) is 10.8. The predicted octanol–water partition coefficient (Wildman–Crippen LogP) is 3.72. The van der Waals surface area contributed by atoms with Gasteiger partial charge in [0.2, 0.25) is 0 Å². The number of pyridine rings is 1. The summed E-state index contributed by atoms with van der Waals surface area (Å²) in [6.07, 6.45) is 1.56. The Kier molecular flexibility index (Phi) is 4.85. The maximum absolute atomic E-state index is 11.1. The van der Waals surface area contributed by atoms with Crippen LogP contribution < -0.4 is 5.32 Å². The van der Waals surface area contributed by atoms with Crippen molar-refractivity contribution in [1.29, 1.82) is 0 Å². The molecule has 0 aliphatic heterocycles. The van der Waals surface area contributed by atoms with Crippen LogP contribution in [0.1, 0.15) is 21.7 Å². The van der Waals surface area contributed by atoms with Gasteiger partial charge in [-0.2, -0.15) is 0 Å². The molecule has 0 radical (unpaired) electrons. The molecule has 2 aromatic heterocycles. The van der Waals surface area contributed by atoms with Gasteiger partial charge in [-0.1, -0.05) is 0 Å². The van der Waals surface area contributed by atoms with Crippen LogP contribution >= 0.6 is 27.3 Å². The Morgan fingerprint density at radius 3 is 2.80 bits per heavy atom. The van der Waals surface area contributed by atoms with Crippen molar-refractivity contribution < 1.29 is 4.92 Å². The van der Waals surface area contributed by atoms with E-state index in [1.165, 1.54) is 4.88 Å². The molecule has 0 saturated heterocycles. The molecule has 7 heteroatoms. The largest absolute Gasteiger partial charge is 0.306 e. The van der Waals surface area contributed by atoms with Crippen LogP contribution in [0.15, 0.2) is 22.1 Å². The molecule has 0 fully saturated rings. The lowest BCUT2D eigenvalue weighted by atomic mass is 10.1. The highest BCUT2D eigenvalue weighted by molar-refractivity contribution is 9.10. The summed E-state index contributed by atoms with van der Waals surface area (Å²) in [4.78, 5) is 16.2. The Hall–Kier alpha value is -1.31. The second kappa shape index (κ2) is 6.43. The van der Waals surface area contributed by atoms with Crippen molar-refractivity contribution in [3.63, 3.8) is 0 Å². The fourth-order valence-corrected chi connectivity index (χ4v) is 3.43. The quantitative estimate of drug-likeness (QED) is 0.655. The van der Waals surface area contributed by atoms with Gasteiger partial charge in [0, 0.05) is 39.8 Å². The average molecular weight is 356 g/mol. The highest BCUT2D eigenvalue weighted by Gasteiger charge is 2.18. The fraction of sp³-hybridized carbons (Fsp3) is 0.308. The second-order valence-corrected chi connectivity index (χ2v) is 6.27. The molecule has 0 atom stereocenters. The van der Waals surface area contributed by atoms with E-state index in [2.05, 4.69) is 26.2 Å². The van der Waals surface area contributed by atoms with Crippen LogP contribution in [0.5, 0.6) is 0 Å². The third-order valence-electron chi connectivity index (χ3n) is 3.03. The Labute approximate surface area is 129 Å². The van der Waals surface area contributed by atoms with E-state index in [9.17, 15) is 10.1 Å². The minimum absolute atomic E-state index is 0.161. The third-order valence-corrected chi connectivity index (χ3v) is 4.95. The van der Waals surface area contributed by atoms with Crippen molar-refractivity contribution in [2.75, 3.05) is 0 Å². The molecule has 0 bridgehead atoms. The van der Waals surface area contributed by atoms with Crippen LogP contribution in [0.2, 0.25) is 0 Å². The number of halogens is 1. The van der Waals surface area contributed by atoms with E-state index in [1.807, 2.05) is 11.4 Å². The summed E-state index contributed by atoms with van der Waals surface area (Å²) < 4.78 is 1.08. The van der Waals surface area contributed by atoms with Crippen LogP contribution in [0, 0.1) is 24.0 Å². The molecular formula is C13H14BrN3O2S. The SMILES string of the molecule is Cc1cnc(CNCc2sccc2Br)c(C)c1[N+](=O)[O-]. The van der Waals surface area contributed by atoms with E-state index in [0.29, 0.717) is 24.2 Å². The molecule has 0 aromatic carbocycles. The zero-order valence-corrected chi connectivity index (χ0v) is 13.5. The number of hydrogen-bond acceptors (Lipinski definition) is 5. The minimum Gasteiger partial charge on any atom is -0.306 e. The van der Waals surface area contributed by atoms with Crippen molar-refractivity contribution in [3.8, 4) is 0 Å². The first-order chi connectivity index (χ1) is 9.50. The van der Waals surface area contributed by atoms with Gasteiger partial charge < -0.3 is 5.32 Å². The topological polar surface area (TPSA) is 68.1 Å². The molecule has 2 heterocycles. The van der Waals surface area contributed by atoms with Crippen LogP contribution in [-0.4, -0.2) is 9.91 Å². The standard InChI is InChI=1S/C13H14BrN3O2S/c1-8-5-16-11(9(2)13(8)17(18)19)6-15-7-12-10(14)3-4-20-12/h3-5,15H,6-7H2,1-2H3. The van der Waals surface area contributed by atoms with Crippen molar-refractivity contribution >= 4 is 33.0 Å².